The zero-order valence-electron chi connectivity index (χ0n) is 28.1. The molecule has 2 fully saturated rings. The molecule has 3 aliphatic rings. The van der Waals surface area contributed by atoms with E-state index in [0.717, 1.165) is 18.4 Å². The number of nitrogens with one attached hydrogen (secondary N) is 4. The number of ketones is 1. The van der Waals surface area contributed by atoms with E-state index >= 15 is 0 Å². The molecule has 1 aliphatic carbocycles. The number of alkyl carbamates (subject to hydrolysis) is 1. The lowest BCUT2D eigenvalue weighted by molar-refractivity contribution is -0.144. The molecule has 0 bridgehead atoms. The van der Waals surface area contributed by atoms with E-state index in [1.165, 1.54) is 4.90 Å². The highest BCUT2D eigenvalue weighted by Gasteiger charge is 2.54. The van der Waals surface area contributed by atoms with Gasteiger partial charge < -0.3 is 25.6 Å². The van der Waals surface area contributed by atoms with E-state index in [2.05, 4.69) is 26.4 Å². The van der Waals surface area contributed by atoms with Crippen molar-refractivity contribution in [2.75, 3.05) is 6.54 Å². The average molecular weight is 695 g/mol. The number of hydroxylamine groups is 1. The second-order valence-corrected chi connectivity index (χ2v) is 14.3. The first kappa shape index (κ1) is 35.8. The summed E-state index contributed by atoms with van der Waals surface area (Å²) in [4.78, 5) is 78.8. The predicted octanol–water partition coefficient (Wildman–Crippen LogP) is 3.42. The second kappa shape index (κ2) is 15.0. The summed E-state index contributed by atoms with van der Waals surface area (Å²) in [6, 6.07) is 7.30. The molecule has 0 radical (unpaired) electrons. The van der Waals surface area contributed by atoms with Crippen LogP contribution in [0, 0.1) is 5.41 Å². The molecule has 1 spiro atoms. The highest BCUT2D eigenvalue weighted by atomic mass is 35.5. The fourth-order valence-electron chi connectivity index (χ4n) is 5.90. The maximum absolute atomic E-state index is 14.5. The van der Waals surface area contributed by atoms with Crippen molar-refractivity contribution in [2.24, 2.45) is 5.41 Å². The molecule has 2 aromatic rings. The lowest BCUT2D eigenvalue weighted by Crippen LogP contribution is -2.59. The number of halogens is 1. The van der Waals surface area contributed by atoms with E-state index in [-0.39, 0.29) is 32.0 Å². The van der Waals surface area contributed by atoms with E-state index in [4.69, 9.17) is 21.2 Å². The van der Waals surface area contributed by atoms with E-state index in [9.17, 15) is 24.0 Å². The fraction of sp³-hybridized carbons (Fsp3) is 0.486. The molecule has 1 aromatic heterocycles. The highest BCUT2D eigenvalue weighted by Crippen LogP contribution is 2.39. The van der Waals surface area contributed by atoms with E-state index in [1.54, 1.807) is 63.5 Å². The van der Waals surface area contributed by atoms with Crippen LogP contribution in [-0.4, -0.2) is 75.8 Å². The van der Waals surface area contributed by atoms with Crippen LogP contribution in [0.4, 0.5) is 4.79 Å². The third-order valence-electron chi connectivity index (χ3n) is 8.66. The third-order valence-corrected chi connectivity index (χ3v) is 8.90. The van der Waals surface area contributed by atoms with Crippen LogP contribution < -0.4 is 21.4 Å². The van der Waals surface area contributed by atoms with Gasteiger partial charge in [0.2, 0.25) is 17.6 Å². The van der Waals surface area contributed by atoms with Gasteiger partial charge in [-0.3, -0.25) is 34.5 Å². The van der Waals surface area contributed by atoms with Crippen LogP contribution in [0.25, 0.3) is 5.70 Å². The van der Waals surface area contributed by atoms with Crippen LogP contribution in [0.1, 0.15) is 70.9 Å². The lowest BCUT2D eigenvalue weighted by Gasteiger charge is -2.35. The number of amides is 4. The average Bonchev–Trinajstić information content (AvgIpc) is 3.66. The van der Waals surface area contributed by atoms with Gasteiger partial charge in [0.1, 0.15) is 24.3 Å². The number of Topliss-reactive ketones (excluding diaryl/α,β-unsaturated/α-hetero) is 1. The quantitative estimate of drug-likeness (QED) is 0.243. The minimum Gasteiger partial charge on any atom is -0.445 e. The van der Waals surface area contributed by atoms with Crippen LogP contribution in [0.2, 0.25) is 5.02 Å². The van der Waals surface area contributed by atoms with Crippen molar-refractivity contribution in [3.05, 3.63) is 71.0 Å². The highest BCUT2D eigenvalue weighted by molar-refractivity contribution is 6.38. The van der Waals surface area contributed by atoms with Gasteiger partial charge in [-0.1, -0.05) is 63.9 Å². The Bertz CT molecular complexity index is 1610. The van der Waals surface area contributed by atoms with Crippen LogP contribution >= 0.6 is 11.6 Å². The molecule has 3 heterocycles. The van der Waals surface area contributed by atoms with Gasteiger partial charge in [-0.05, 0) is 49.0 Å². The molecule has 5 rings (SSSR count). The molecule has 49 heavy (non-hydrogen) atoms. The smallest absolute Gasteiger partial charge is 0.408 e. The van der Waals surface area contributed by atoms with Gasteiger partial charge in [-0.15, -0.1) is 0 Å². The van der Waals surface area contributed by atoms with Gasteiger partial charge in [0.15, 0.2) is 0 Å². The van der Waals surface area contributed by atoms with Crippen molar-refractivity contribution in [3.63, 3.8) is 0 Å². The summed E-state index contributed by atoms with van der Waals surface area (Å²) >= 11 is 6.23. The van der Waals surface area contributed by atoms with Gasteiger partial charge in [0.05, 0.1) is 18.3 Å². The molecule has 262 valence electrons. The van der Waals surface area contributed by atoms with Crippen molar-refractivity contribution in [1.82, 2.24) is 31.3 Å². The van der Waals surface area contributed by atoms with Gasteiger partial charge in [-0.25, -0.2) is 4.79 Å². The maximum Gasteiger partial charge on any atom is 0.408 e. The summed E-state index contributed by atoms with van der Waals surface area (Å²) in [7, 11) is 0. The first-order valence-corrected chi connectivity index (χ1v) is 16.9. The summed E-state index contributed by atoms with van der Waals surface area (Å²) < 4.78 is 5.40. The maximum atomic E-state index is 14.5. The Balaban J connectivity index is 1.40. The van der Waals surface area contributed by atoms with Crippen LogP contribution in [0.5, 0.6) is 0 Å². The number of likely N-dealkylation sites (tertiary alicyclic amines) is 1. The van der Waals surface area contributed by atoms with Crippen LogP contribution in [-0.2, 0) is 35.4 Å². The number of nitrogens with zero attached hydrogens (tertiary/aromatic N) is 2. The van der Waals surface area contributed by atoms with Gasteiger partial charge in [0.25, 0.3) is 5.91 Å². The van der Waals surface area contributed by atoms with Crippen molar-refractivity contribution < 1.29 is 33.5 Å². The lowest BCUT2D eigenvalue weighted by atomic mass is 9.85. The molecule has 4 atom stereocenters. The molecule has 2 aliphatic heterocycles. The number of hydrogen-bond donors (Lipinski definition) is 4. The molecule has 1 saturated heterocycles. The summed E-state index contributed by atoms with van der Waals surface area (Å²) in [6.07, 6.45) is 6.59. The molecular weight excluding hydrogens is 652 g/mol. The summed E-state index contributed by atoms with van der Waals surface area (Å²) in [6.45, 7) is 7.11. The molecule has 1 saturated carbocycles. The number of carbonyl (C=O) groups excluding carboxylic acids is 5. The van der Waals surface area contributed by atoms with Crippen LogP contribution in [0.3, 0.4) is 0 Å². The Kier molecular flexibility index (Phi) is 10.9. The largest absolute Gasteiger partial charge is 0.445 e. The molecule has 4 amide bonds. The van der Waals surface area contributed by atoms with Gasteiger partial charge >= 0.3 is 6.09 Å². The molecule has 1 aromatic carbocycles. The number of benzene rings is 1. The normalized spacial score (nSPS) is 21.3. The first-order valence-electron chi connectivity index (χ1n) is 16.5. The number of ether oxygens (including phenoxy) is 1. The summed E-state index contributed by atoms with van der Waals surface area (Å²) in [5.41, 5.74) is 3.01. The Morgan fingerprint density at radius 2 is 1.92 bits per heavy atom. The molecule has 14 heteroatoms. The number of rotatable bonds is 12. The summed E-state index contributed by atoms with van der Waals surface area (Å²) in [5, 5.41) is 8.67. The van der Waals surface area contributed by atoms with Crippen molar-refractivity contribution >= 4 is 46.9 Å². The third kappa shape index (κ3) is 8.95. The molecule has 13 nitrogen and oxygen atoms in total. The minimum absolute atomic E-state index is 0.0254. The topological polar surface area (TPSA) is 168 Å². The zero-order valence-corrected chi connectivity index (χ0v) is 28.8. The minimum atomic E-state index is -1.13. The monoisotopic (exact) mass is 694 g/mol. The predicted molar refractivity (Wildman–Crippen MR) is 180 cm³/mol. The first-order chi connectivity index (χ1) is 23.3. The van der Waals surface area contributed by atoms with Crippen molar-refractivity contribution in [3.8, 4) is 0 Å². The number of aromatic nitrogens is 1. The van der Waals surface area contributed by atoms with E-state index in [0.29, 0.717) is 22.7 Å². The van der Waals surface area contributed by atoms with Crippen molar-refractivity contribution in [1.29, 1.82) is 0 Å². The van der Waals surface area contributed by atoms with Gasteiger partial charge in [-0.2, -0.15) is 0 Å². The molecule has 0 unspecified atom stereocenters. The molecule has 4 N–H and O–H groups in total. The van der Waals surface area contributed by atoms with Gasteiger partial charge in [0, 0.05) is 41.0 Å². The molecular formula is C35H43ClN6O7. The van der Waals surface area contributed by atoms with E-state index in [1.807, 2.05) is 19.1 Å². The summed E-state index contributed by atoms with van der Waals surface area (Å²) in [5.74, 6) is -2.63. The van der Waals surface area contributed by atoms with Crippen molar-refractivity contribution in [2.45, 2.75) is 96.2 Å². The standard InChI is InChI=1S/C35H43ClN6O7/c1-5-8-25(28(43)31(45)38-24-12-13-24)39-30(44)27-17-35(16-26(41-49-35)22-10-6-11-23(36)15-22)20-42(27)32(46)29(34(2,3)4)40-33(47)48-19-21-9-7-14-37-18-21/h6-7,9-11,14-16,18,24-25,27,29,41H,5,8,12-13,17,19-20H2,1-4H3,(H,38,45)(H,39,44)(H,40,47)/t25-,27-,29+,35+/m0/s1. The number of carbonyl (C=O) groups is 5. The Hall–Kier alpha value is -4.49. The Morgan fingerprint density at radius 3 is 2.57 bits per heavy atom. The van der Waals surface area contributed by atoms with E-state index < -0.39 is 58.7 Å². The Morgan fingerprint density at radius 1 is 1.14 bits per heavy atom. The second-order valence-electron chi connectivity index (χ2n) is 13.9. The fourth-order valence-corrected chi connectivity index (χ4v) is 6.09. The van der Waals surface area contributed by atoms with Crippen LogP contribution in [0.15, 0.2) is 54.9 Å². The zero-order chi connectivity index (χ0) is 35.3. The Labute approximate surface area is 290 Å². The SMILES string of the molecule is CCC[C@H](NC(=O)[C@@H]1C[C@]2(C=C(c3cccc(Cl)c3)NO2)CN1C(=O)[C@@H](NC(=O)OCc1cccnc1)C(C)(C)C)C(=O)C(=O)NC1CC1. The number of pyridine rings is 1. The number of hydrogen-bond acceptors (Lipinski definition) is 9.